The standard InChI is InChI=1S/C14H16N4O2/c19-13(17-8-3-4-9-17)7-10-18-14(20)11-5-1-2-6-12(11)15-16-18/h1-2,5-6H,3-4,7-10H2. The molecule has 2 heterocycles. The Morgan fingerprint density at radius 1 is 1.20 bits per heavy atom. The number of aryl methyl sites for hydroxylation is 1. The highest BCUT2D eigenvalue weighted by Gasteiger charge is 2.18. The number of likely N-dealkylation sites (tertiary alicyclic amines) is 1. The van der Waals surface area contributed by atoms with Gasteiger partial charge in [-0.2, -0.15) is 0 Å². The van der Waals surface area contributed by atoms with Gasteiger partial charge >= 0.3 is 0 Å². The van der Waals surface area contributed by atoms with E-state index < -0.39 is 0 Å². The van der Waals surface area contributed by atoms with Gasteiger partial charge in [0.15, 0.2) is 0 Å². The van der Waals surface area contributed by atoms with Crippen LogP contribution in [0.15, 0.2) is 29.1 Å². The number of amides is 1. The number of hydrogen-bond acceptors (Lipinski definition) is 4. The first-order valence-electron chi connectivity index (χ1n) is 6.86. The Balaban J connectivity index is 1.76. The Morgan fingerprint density at radius 2 is 1.95 bits per heavy atom. The van der Waals surface area contributed by atoms with Gasteiger partial charge in [0.1, 0.15) is 5.52 Å². The number of hydrogen-bond donors (Lipinski definition) is 0. The van der Waals surface area contributed by atoms with Crippen molar-refractivity contribution in [2.24, 2.45) is 0 Å². The maximum absolute atomic E-state index is 12.2. The molecule has 2 aromatic rings. The third-order valence-corrected chi connectivity index (χ3v) is 3.63. The highest BCUT2D eigenvalue weighted by Crippen LogP contribution is 2.09. The Hall–Kier alpha value is -2.24. The molecule has 0 unspecified atom stereocenters. The van der Waals surface area contributed by atoms with Crippen LogP contribution in [0.2, 0.25) is 0 Å². The van der Waals surface area contributed by atoms with Gasteiger partial charge < -0.3 is 4.90 Å². The smallest absolute Gasteiger partial charge is 0.277 e. The van der Waals surface area contributed by atoms with Gasteiger partial charge in [-0.3, -0.25) is 9.59 Å². The number of nitrogens with zero attached hydrogens (tertiary/aromatic N) is 4. The van der Waals surface area contributed by atoms with Crippen molar-refractivity contribution in [3.63, 3.8) is 0 Å². The lowest BCUT2D eigenvalue weighted by Crippen LogP contribution is -2.31. The zero-order chi connectivity index (χ0) is 13.9. The fourth-order valence-electron chi connectivity index (χ4n) is 2.50. The normalized spacial score (nSPS) is 14.9. The van der Waals surface area contributed by atoms with Crippen LogP contribution in [0.5, 0.6) is 0 Å². The van der Waals surface area contributed by atoms with E-state index in [2.05, 4.69) is 10.3 Å². The molecular weight excluding hydrogens is 256 g/mol. The van der Waals surface area contributed by atoms with E-state index in [0.29, 0.717) is 17.3 Å². The van der Waals surface area contributed by atoms with E-state index in [1.54, 1.807) is 18.2 Å². The minimum absolute atomic E-state index is 0.0874. The van der Waals surface area contributed by atoms with Gasteiger partial charge in [0.05, 0.1) is 11.9 Å². The molecule has 1 fully saturated rings. The van der Waals surface area contributed by atoms with Gasteiger partial charge in [0, 0.05) is 19.5 Å². The van der Waals surface area contributed by atoms with Crippen molar-refractivity contribution in [3.05, 3.63) is 34.6 Å². The van der Waals surface area contributed by atoms with Crippen LogP contribution in [0.25, 0.3) is 10.9 Å². The van der Waals surface area contributed by atoms with Crippen molar-refractivity contribution in [2.75, 3.05) is 13.1 Å². The largest absolute Gasteiger partial charge is 0.343 e. The number of carbonyl (C=O) groups is 1. The second kappa shape index (κ2) is 5.40. The average molecular weight is 272 g/mol. The fraction of sp³-hybridized carbons (Fsp3) is 0.429. The zero-order valence-electron chi connectivity index (χ0n) is 11.2. The first kappa shape index (κ1) is 12.8. The number of benzene rings is 1. The van der Waals surface area contributed by atoms with Crippen molar-refractivity contribution < 1.29 is 4.79 Å². The highest BCUT2D eigenvalue weighted by molar-refractivity contribution is 5.77. The number of rotatable bonds is 3. The molecular formula is C14H16N4O2. The Bertz CT molecular complexity index is 689. The van der Waals surface area contributed by atoms with Crippen LogP contribution in [0, 0.1) is 0 Å². The summed E-state index contributed by atoms with van der Waals surface area (Å²) in [6.07, 6.45) is 2.44. The van der Waals surface area contributed by atoms with E-state index >= 15 is 0 Å². The first-order chi connectivity index (χ1) is 9.75. The summed E-state index contributed by atoms with van der Waals surface area (Å²) in [6, 6.07) is 7.09. The predicted molar refractivity (Wildman–Crippen MR) is 74.2 cm³/mol. The summed E-state index contributed by atoms with van der Waals surface area (Å²) in [5.74, 6) is 0.0874. The topological polar surface area (TPSA) is 68.1 Å². The highest BCUT2D eigenvalue weighted by atomic mass is 16.2. The van der Waals surface area contributed by atoms with Crippen LogP contribution in [0.1, 0.15) is 19.3 Å². The monoisotopic (exact) mass is 272 g/mol. The van der Waals surface area contributed by atoms with Crippen molar-refractivity contribution in [3.8, 4) is 0 Å². The summed E-state index contributed by atoms with van der Waals surface area (Å²) < 4.78 is 1.27. The van der Waals surface area contributed by atoms with Gasteiger partial charge in [-0.15, -0.1) is 5.10 Å². The molecule has 20 heavy (non-hydrogen) atoms. The maximum atomic E-state index is 12.2. The lowest BCUT2D eigenvalue weighted by Gasteiger charge is -2.14. The molecule has 0 saturated carbocycles. The number of fused-ring (bicyclic) bond motifs is 1. The Kier molecular flexibility index (Phi) is 3.45. The van der Waals surface area contributed by atoms with Crippen LogP contribution >= 0.6 is 0 Å². The van der Waals surface area contributed by atoms with E-state index in [-0.39, 0.29) is 18.0 Å². The first-order valence-corrected chi connectivity index (χ1v) is 6.86. The van der Waals surface area contributed by atoms with E-state index in [0.717, 1.165) is 25.9 Å². The number of aromatic nitrogens is 3. The summed E-state index contributed by atoms with van der Waals surface area (Å²) in [7, 11) is 0. The lowest BCUT2D eigenvalue weighted by molar-refractivity contribution is -0.130. The molecule has 1 aliphatic heterocycles. The predicted octanol–water partition coefficient (Wildman–Crippen LogP) is 0.804. The van der Waals surface area contributed by atoms with Crippen LogP contribution < -0.4 is 5.56 Å². The van der Waals surface area contributed by atoms with E-state index in [9.17, 15) is 9.59 Å². The molecule has 0 spiro atoms. The van der Waals surface area contributed by atoms with Crippen molar-refractivity contribution in [2.45, 2.75) is 25.8 Å². The molecule has 1 aromatic heterocycles. The summed E-state index contributed by atoms with van der Waals surface area (Å²) >= 11 is 0. The summed E-state index contributed by atoms with van der Waals surface area (Å²) in [6.45, 7) is 1.94. The van der Waals surface area contributed by atoms with E-state index in [1.807, 2.05) is 11.0 Å². The minimum Gasteiger partial charge on any atom is -0.343 e. The molecule has 0 aliphatic carbocycles. The molecule has 0 atom stereocenters. The van der Waals surface area contributed by atoms with Crippen LogP contribution in [-0.2, 0) is 11.3 Å². The summed E-state index contributed by atoms with van der Waals surface area (Å²) in [4.78, 5) is 26.0. The van der Waals surface area contributed by atoms with Gasteiger partial charge in [0.2, 0.25) is 5.91 Å². The lowest BCUT2D eigenvalue weighted by atomic mass is 10.2. The zero-order valence-corrected chi connectivity index (χ0v) is 11.2. The van der Waals surface area contributed by atoms with Gasteiger partial charge in [-0.25, -0.2) is 4.68 Å². The third-order valence-electron chi connectivity index (χ3n) is 3.63. The van der Waals surface area contributed by atoms with Gasteiger partial charge in [-0.05, 0) is 25.0 Å². The Labute approximate surface area is 116 Å². The molecule has 1 aliphatic rings. The Morgan fingerprint density at radius 3 is 2.75 bits per heavy atom. The molecule has 1 aromatic carbocycles. The molecule has 1 amide bonds. The number of carbonyl (C=O) groups excluding carboxylic acids is 1. The molecule has 0 bridgehead atoms. The van der Waals surface area contributed by atoms with E-state index in [4.69, 9.17) is 0 Å². The molecule has 1 saturated heterocycles. The quantitative estimate of drug-likeness (QED) is 0.829. The average Bonchev–Trinajstić information content (AvgIpc) is 3.01. The van der Waals surface area contributed by atoms with Crippen molar-refractivity contribution in [1.29, 1.82) is 0 Å². The molecule has 3 rings (SSSR count). The molecule has 0 radical (unpaired) electrons. The SMILES string of the molecule is O=C(CCn1nnc2ccccc2c1=O)N1CCCC1. The second-order valence-corrected chi connectivity index (χ2v) is 4.97. The summed E-state index contributed by atoms with van der Waals surface area (Å²) in [5.41, 5.74) is 0.393. The van der Waals surface area contributed by atoms with Crippen LogP contribution in [0.4, 0.5) is 0 Å². The molecule has 104 valence electrons. The van der Waals surface area contributed by atoms with Crippen LogP contribution in [-0.4, -0.2) is 38.9 Å². The minimum atomic E-state index is -0.190. The van der Waals surface area contributed by atoms with Crippen LogP contribution in [0.3, 0.4) is 0 Å². The van der Waals surface area contributed by atoms with Gasteiger partial charge in [-0.1, -0.05) is 17.3 Å². The third kappa shape index (κ3) is 2.41. The fourth-order valence-corrected chi connectivity index (χ4v) is 2.50. The molecule has 0 N–H and O–H groups in total. The molecule has 6 nitrogen and oxygen atoms in total. The van der Waals surface area contributed by atoms with Crippen molar-refractivity contribution in [1.82, 2.24) is 19.9 Å². The van der Waals surface area contributed by atoms with Crippen molar-refractivity contribution >= 4 is 16.8 Å². The van der Waals surface area contributed by atoms with E-state index in [1.165, 1.54) is 4.68 Å². The summed E-state index contributed by atoms with van der Waals surface area (Å²) in [5, 5.41) is 8.43. The molecule has 6 heteroatoms. The van der Waals surface area contributed by atoms with Gasteiger partial charge in [0.25, 0.3) is 5.56 Å². The maximum Gasteiger partial charge on any atom is 0.277 e. The second-order valence-electron chi connectivity index (χ2n) is 4.97.